The van der Waals surface area contributed by atoms with E-state index in [1.54, 1.807) is 20.0 Å². The first-order chi connectivity index (χ1) is 10.9. The quantitative estimate of drug-likeness (QED) is 0.574. The van der Waals surface area contributed by atoms with Gasteiger partial charge in [-0.15, -0.1) is 0 Å². The predicted molar refractivity (Wildman–Crippen MR) is 78.9 cm³/mol. The van der Waals surface area contributed by atoms with Gasteiger partial charge in [-0.1, -0.05) is 12.1 Å². The number of hydrogen-bond acceptors (Lipinski definition) is 3. The molecule has 0 amide bonds. The number of aromatic carboxylic acids is 1. The van der Waals surface area contributed by atoms with Crippen LogP contribution < -0.4 is 56.5 Å². The number of fused-ring (bicyclic) bond motifs is 1. The van der Waals surface area contributed by atoms with Crippen molar-refractivity contribution in [1.82, 2.24) is 9.55 Å². The summed E-state index contributed by atoms with van der Waals surface area (Å²) in [7, 11) is 1.63. The fourth-order valence-corrected chi connectivity index (χ4v) is 2.61. The van der Waals surface area contributed by atoms with Crippen LogP contribution in [0.2, 0.25) is 0 Å². The first kappa shape index (κ1) is 19.2. The number of rotatable bonds is 3. The van der Waals surface area contributed by atoms with Gasteiger partial charge in [0.15, 0.2) is 5.82 Å². The van der Waals surface area contributed by atoms with Crippen LogP contribution in [0.4, 0.5) is 8.78 Å². The van der Waals surface area contributed by atoms with Crippen molar-refractivity contribution in [2.75, 3.05) is 0 Å². The SMILES string of the molecule is Cc1ccc(Cc2c(C(=O)[O-])cc3c(ncn3C)c2F)c(F)c1.[K+]. The van der Waals surface area contributed by atoms with E-state index in [1.165, 1.54) is 29.1 Å². The molecule has 0 aliphatic heterocycles. The van der Waals surface area contributed by atoms with Gasteiger partial charge >= 0.3 is 51.4 Å². The second kappa shape index (κ2) is 7.41. The molecule has 0 N–H and O–H groups in total. The normalized spacial score (nSPS) is 10.7. The Morgan fingerprint density at radius 3 is 2.62 bits per heavy atom. The van der Waals surface area contributed by atoms with Crippen LogP contribution in [0.5, 0.6) is 0 Å². The number of imidazole rings is 1. The molecule has 0 fully saturated rings. The van der Waals surface area contributed by atoms with Gasteiger partial charge in [0.2, 0.25) is 0 Å². The van der Waals surface area contributed by atoms with E-state index < -0.39 is 17.6 Å². The maximum Gasteiger partial charge on any atom is 1.00 e. The fourth-order valence-electron chi connectivity index (χ4n) is 2.61. The van der Waals surface area contributed by atoms with Crippen molar-refractivity contribution in [1.29, 1.82) is 0 Å². The third kappa shape index (κ3) is 3.45. The van der Waals surface area contributed by atoms with Crippen molar-refractivity contribution in [3.63, 3.8) is 0 Å². The minimum Gasteiger partial charge on any atom is -0.545 e. The zero-order valence-electron chi connectivity index (χ0n) is 13.6. The van der Waals surface area contributed by atoms with Crippen molar-refractivity contribution in [3.8, 4) is 0 Å². The Morgan fingerprint density at radius 2 is 2.00 bits per heavy atom. The number of aromatic nitrogens is 2. The minimum atomic E-state index is -1.51. The molecule has 0 spiro atoms. The Morgan fingerprint density at radius 1 is 1.29 bits per heavy atom. The molecule has 0 radical (unpaired) electrons. The number of carboxylic acid groups (broad SMARTS) is 1. The van der Waals surface area contributed by atoms with Crippen LogP contribution in [0, 0.1) is 18.6 Å². The molecule has 4 nitrogen and oxygen atoms in total. The third-order valence-corrected chi connectivity index (χ3v) is 3.86. The predicted octanol–water partition coefficient (Wildman–Crippen LogP) is -0.882. The van der Waals surface area contributed by atoms with Crippen molar-refractivity contribution in [3.05, 3.63) is 64.5 Å². The van der Waals surface area contributed by atoms with Crippen LogP contribution in [0.1, 0.15) is 27.0 Å². The number of carbonyl (C=O) groups excluding carboxylic acids is 1. The third-order valence-electron chi connectivity index (χ3n) is 3.86. The van der Waals surface area contributed by atoms with Crippen LogP contribution >= 0.6 is 0 Å². The number of nitrogens with zero attached hydrogens (tertiary/aromatic N) is 2. The van der Waals surface area contributed by atoms with Crippen molar-refractivity contribution < 1.29 is 70.1 Å². The summed E-state index contributed by atoms with van der Waals surface area (Å²) < 4.78 is 30.2. The summed E-state index contributed by atoms with van der Waals surface area (Å²) in [5, 5.41) is 11.4. The molecular formula is C17H13F2KN2O2. The topological polar surface area (TPSA) is 57.9 Å². The maximum absolute atomic E-state index is 14.7. The van der Waals surface area contributed by atoms with E-state index in [9.17, 15) is 18.7 Å². The number of aryl methyl sites for hydroxylation is 2. The maximum atomic E-state index is 14.7. The molecule has 118 valence electrons. The van der Waals surface area contributed by atoms with Crippen LogP contribution in [0.3, 0.4) is 0 Å². The summed E-state index contributed by atoms with van der Waals surface area (Å²) >= 11 is 0. The molecule has 24 heavy (non-hydrogen) atoms. The summed E-state index contributed by atoms with van der Waals surface area (Å²) in [4.78, 5) is 15.3. The molecule has 3 rings (SSSR count). The monoisotopic (exact) mass is 354 g/mol. The Balaban J connectivity index is 0.00000208. The van der Waals surface area contributed by atoms with Gasteiger partial charge in [-0.25, -0.2) is 13.8 Å². The standard InChI is InChI=1S/C17H14F2N2O2.K/c1-9-3-4-10(13(18)5-9)6-11-12(17(22)23)7-14-16(15(11)19)20-8-21(14)2;/h3-5,7-8H,6H2,1-2H3,(H,22,23);/q;+1/p-1. The second-order valence-corrected chi connectivity index (χ2v) is 5.50. The smallest absolute Gasteiger partial charge is 0.545 e. The molecule has 3 aromatic rings. The molecule has 0 bridgehead atoms. The average molecular weight is 354 g/mol. The zero-order chi connectivity index (χ0) is 16.7. The summed E-state index contributed by atoms with van der Waals surface area (Å²) in [5.41, 5.74) is 0.923. The first-order valence-corrected chi connectivity index (χ1v) is 6.97. The van der Waals surface area contributed by atoms with Crippen LogP contribution in [-0.2, 0) is 13.5 Å². The summed E-state index contributed by atoms with van der Waals surface area (Å²) in [6, 6.07) is 5.84. The van der Waals surface area contributed by atoms with Crippen molar-refractivity contribution in [2.45, 2.75) is 13.3 Å². The van der Waals surface area contributed by atoms with Gasteiger partial charge in [-0.3, -0.25) is 0 Å². The van der Waals surface area contributed by atoms with E-state index >= 15 is 0 Å². The van der Waals surface area contributed by atoms with Gasteiger partial charge in [0.05, 0.1) is 17.8 Å². The van der Waals surface area contributed by atoms with E-state index in [0.29, 0.717) is 5.52 Å². The number of carboxylic acids is 1. The van der Waals surface area contributed by atoms with Gasteiger partial charge in [-0.05, 0) is 30.2 Å². The first-order valence-electron chi connectivity index (χ1n) is 6.97. The van der Waals surface area contributed by atoms with Crippen molar-refractivity contribution in [2.24, 2.45) is 7.05 Å². The molecule has 0 saturated heterocycles. The van der Waals surface area contributed by atoms with E-state index in [1.807, 2.05) is 0 Å². The number of benzene rings is 2. The van der Waals surface area contributed by atoms with E-state index in [0.717, 1.165) is 5.56 Å². The van der Waals surface area contributed by atoms with E-state index in [2.05, 4.69) is 4.98 Å². The average Bonchev–Trinajstić information content (AvgIpc) is 2.85. The van der Waals surface area contributed by atoms with Gasteiger partial charge in [0.25, 0.3) is 0 Å². The number of halogens is 2. The van der Waals surface area contributed by atoms with E-state index in [4.69, 9.17) is 0 Å². The largest absolute Gasteiger partial charge is 1.00 e. The van der Waals surface area contributed by atoms with Crippen LogP contribution in [-0.4, -0.2) is 15.5 Å². The molecule has 7 heteroatoms. The molecule has 0 saturated carbocycles. The van der Waals surface area contributed by atoms with Gasteiger partial charge < -0.3 is 14.5 Å². The fraction of sp³-hybridized carbons (Fsp3) is 0.176. The molecule has 1 aromatic heterocycles. The van der Waals surface area contributed by atoms with Crippen LogP contribution in [0.25, 0.3) is 11.0 Å². The number of hydrogen-bond donors (Lipinski definition) is 0. The molecule has 2 aromatic carbocycles. The van der Waals surface area contributed by atoms with Crippen molar-refractivity contribution >= 4 is 17.0 Å². The number of carbonyl (C=O) groups is 1. The van der Waals surface area contributed by atoms with Gasteiger partial charge in [-0.2, -0.15) is 0 Å². The summed E-state index contributed by atoms with van der Waals surface area (Å²) in [6.45, 7) is 1.74. The molecular weight excluding hydrogens is 341 g/mol. The molecule has 1 heterocycles. The Labute approximate surface area is 179 Å². The van der Waals surface area contributed by atoms with Gasteiger partial charge in [0.1, 0.15) is 11.3 Å². The zero-order valence-corrected chi connectivity index (χ0v) is 16.7. The van der Waals surface area contributed by atoms with E-state index in [-0.39, 0.29) is 80.0 Å². The second-order valence-electron chi connectivity index (χ2n) is 5.50. The molecule has 0 atom stereocenters. The van der Waals surface area contributed by atoms with Gasteiger partial charge in [0, 0.05) is 24.6 Å². The minimum absolute atomic E-state index is 0. The Hall–Kier alpha value is -1.12. The Kier molecular flexibility index (Phi) is 5.93. The molecule has 0 unspecified atom stereocenters. The summed E-state index contributed by atoms with van der Waals surface area (Å²) in [6.07, 6.45) is 1.21. The molecule has 0 aliphatic carbocycles. The molecule has 0 aliphatic rings. The van der Waals surface area contributed by atoms with Crippen LogP contribution in [0.15, 0.2) is 30.6 Å². The summed E-state index contributed by atoms with van der Waals surface area (Å²) in [5.74, 6) is -2.77. The Bertz CT molecular complexity index is 938.